The number of halogens is 1. The van der Waals surface area contributed by atoms with E-state index in [0.29, 0.717) is 6.42 Å². The molecule has 2 amide bonds. The molecule has 3 aromatic rings. The molecule has 1 fully saturated rings. The number of carboxylic acids is 1. The number of benzene rings is 3. The molecule has 8 heteroatoms. The van der Waals surface area contributed by atoms with Crippen LogP contribution in [0.15, 0.2) is 66.7 Å². The zero-order valence-electron chi connectivity index (χ0n) is 18.7. The standard InChI is InChI=1S/C27H23FN2O5/c28-24-20(26(32)33)10-5-11-23(24)30-25(31)21-12-15(21)13-29-27(34)35-14-22-18-8-3-1-6-16(18)17-7-2-4-9-19(17)22/h1-11,15,21-22H,12-14H2,(H,29,34)(H,30,31)(H,32,33). The minimum absolute atomic E-state index is 0.0379. The Labute approximate surface area is 200 Å². The number of fused-ring (bicyclic) bond motifs is 3. The highest BCUT2D eigenvalue weighted by molar-refractivity contribution is 5.96. The normalized spacial score (nSPS) is 17.7. The number of amides is 2. The van der Waals surface area contributed by atoms with Gasteiger partial charge in [-0.25, -0.2) is 14.0 Å². The first kappa shape index (κ1) is 22.6. The Kier molecular flexibility index (Phi) is 5.94. The van der Waals surface area contributed by atoms with E-state index in [4.69, 9.17) is 9.84 Å². The minimum Gasteiger partial charge on any atom is -0.478 e. The van der Waals surface area contributed by atoms with Crippen molar-refractivity contribution in [3.05, 3.63) is 89.2 Å². The van der Waals surface area contributed by atoms with Crippen LogP contribution in [0, 0.1) is 17.7 Å². The van der Waals surface area contributed by atoms with Gasteiger partial charge in [0.05, 0.1) is 11.3 Å². The Bertz CT molecular complexity index is 1280. The van der Waals surface area contributed by atoms with Crippen LogP contribution >= 0.6 is 0 Å². The van der Waals surface area contributed by atoms with Gasteiger partial charge in [0, 0.05) is 18.4 Å². The molecule has 2 aliphatic rings. The molecule has 3 N–H and O–H groups in total. The number of anilines is 1. The van der Waals surface area contributed by atoms with Gasteiger partial charge in [-0.15, -0.1) is 0 Å². The third-order valence-corrected chi connectivity index (χ3v) is 6.60. The maximum Gasteiger partial charge on any atom is 0.407 e. The maximum absolute atomic E-state index is 14.2. The van der Waals surface area contributed by atoms with Gasteiger partial charge in [0.25, 0.3) is 0 Å². The molecule has 2 atom stereocenters. The first-order valence-corrected chi connectivity index (χ1v) is 11.4. The second-order valence-electron chi connectivity index (χ2n) is 8.77. The first-order valence-electron chi connectivity index (χ1n) is 11.4. The molecular formula is C27H23FN2O5. The van der Waals surface area contributed by atoms with Gasteiger partial charge >= 0.3 is 12.1 Å². The van der Waals surface area contributed by atoms with Gasteiger partial charge in [0.15, 0.2) is 5.82 Å². The first-order chi connectivity index (χ1) is 16.9. The highest BCUT2D eigenvalue weighted by Gasteiger charge is 2.43. The third-order valence-electron chi connectivity index (χ3n) is 6.60. The molecule has 2 unspecified atom stereocenters. The summed E-state index contributed by atoms with van der Waals surface area (Å²) in [6.07, 6.45) is -0.0199. The summed E-state index contributed by atoms with van der Waals surface area (Å²) in [4.78, 5) is 35.8. The van der Waals surface area contributed by atoms with Gasteiger partial charge in [0.2, 0.25) is 5.91 Å². The van der Waals surface area contributed by atoms with E-state index in [0.717, 1.165) is 28.3 Å². The Morgan fingerprint density at radius 2 is 1.60 bits per heavy atom. The molecule has 0 spiro atoms. The number of ether oxygens (including phenoxy) is 1. The molecule has 178 valence electrons. The number of aromatic carboxylic acids is 1. The van der Waals surface area contributed by atoms with Crippen LogP contribution < -0.4 is 10.6 Å². The monoisotopic (exact) mass is 474 g/mol. The lowest BCUT2D eigenvalue weighted by atomic mass is 9.98. The van der Waals surface area contributed by atoms with E-state index in [1.54, 1.807) is 0 Å². The van der Waals surface area contributed by atoms with Crippen LogP contribution in [0.3, 0.4) is 0 Å². The van der Waals surface area contributed by atoms with Crippen LogP contribution in [0.1, 0.15) is 33.8 Å². The van der Waals surface area contributed by atoms with E-state index in [9.17, 15) is 18.8 Å². The number of carbonyl (C=O) groups is 3. The molecule has 35 heavy (non-hydrogen) atoms. The second kappa shape index (κ2) is 9.21. The lowest BCUT2D eigenvalue weighted by Gasteiger charge is -2.14. The van der Waals surface area contributed by atoms with Gasteiger partial charge in [-0.3, -0.25) is 4.79 Å². The number of hydrogen-bond donors (Lipinski definition) is 3. The molecular weight excluding hydrogens is 451 g/mol. The van der Waals surface area contributed by atoms with Crippen LogP contribution in [0.4, 0.5) is 14.9 Å². The number of nitrogens with one attached hydrogen (secondary N) is 2. The van der Waals surface area contributed by atoms with Crippen LogP contribution in [0.25, 0.3) is 11.1 Å². The van der Waals surface area contributed by atoms with Crippen molar-refractivity contribution in [2.75, 3.05) is 18.5 Å². The topological polar surface area (TPSA) is 105 Å². The Morgan fingerprint density at radius 3 is 2.26 bits per heavy atom. The summed E-state index contributed by atoms with van der Waals surface area (Å²) in [7, 11) is 0. The van der Waals surface area contributed by atoms with Gasteiger partial charge in [-0.05, 0) is 46.7 Å². The summed E-state index contributed by atoms with van der Waals surface area (Å²) < 4.78 is 19.8. The van der Waals surface area contributed by atoms with Crippen molar-refractivity contribution in [2.24, 2.45) is 11.8 Å². The van der Waals surface area contributed by atoms with Crippen LogP contribution in [-0.2, 0) is 9.53 Å². The number of alkyl carbamates (subject to hydrolysis) is 1. The lowest BCUT2D eigenvalue weighted by Crippen LogP contribution is -2.29. The summed E-state index contributed by atoms with van der Waals surface area (Å²) in [6, 6.07) is 20.0. The van der Waals surface area contributed by atoms with Crippen molar-refractivity contribution < 1.29 is 28.6 Å². The lowest BCUT2D eigenvalue weighted by molar-refractivity contribution is -0.117. The van der Waals surface area contributed by atoms with E-state index in [1.807, 2.05) is 36.4 Å². The molecule has 0 aromatic heterocycles. The predicted molar refractivity (Wildman–Crippen MR) is 127 cm³/mol. The van der Waals surface area contributed by atoms with Crippen LogP contribution in [0.5, 0.6) is 0 Å². The summed E-state index contributed by atoms with van der Waals surface area (Å²) >= 11 is 0. The highest BCUT2D eigenvalue weighted by atomic mass is 19.1. The number of rotatable bonds is 7. The fraction of sp³-hybridized carbons (Fsp3) is 0.222. The fourth-order valence-electron chi connectivity index (χ4n) is 4.68. The zero-order valence-corrected chi connectivity index (χ0v) is 18.7. The molecule has 0 heterocycles. The van der Waals surface area contributed by atoms with Gasteiger partial charge in [0.1, 0.15) is 6.61 Å². The Morgan fingerprint density at radius 1 is 0.943 bits per heavy atom. The molecule has 3 aromatic carbocycles. The smallest absolute Gasteiger partial charge is 0.407 e. The summed E-state index contributed by atoms with van der Waals surface area (Å²) in [5.41, 5.74) is 3.86. The van der Waals surface area contributed by atoms with Gasteiger partial charge < -0.3 is 20.5 Å². The van der Waals surface area contributed by atoms with Gasteiger partial charge in [-0.1, -0.05) is 54.6 Å². The molecule has 0 bridgehead atoms. The van der Waals surface area contributed by atoms with Crippen molar-refractivity contribution in [1.82, 2.24) is 5.32 Å². The van der Waals surface area contributed by atoms with Gasteiger partial charge in [-0.2, -0.15) is 0 Å². The van der Waals surface area contributed by atoms with Crippen LogP contribution in [0.2, 0.25) is 0 Å². The molecule has 7 nitrogen and oxygen atoms in total. The van der Waals surface area contributed by atoms with Crippen molar-refractivity contribution in [1.29, 1.82) is 0 Å². The minimum atomic E-state index is -1.41. The molecule has 0 radical (unpaired) electrons. The number of hydrogen-bond acceptors (Lipinski definition) is 4. The second-order valence-corrected chi connectivity index (χ2v) is 8.77. The third kappa shape index (κ3) is 4.47. The number of carboxylic acid groups (broad SMARTS) is 1. The molecule has 5 rings (SSSR count). The number of carbonyl (C=O) groups excluding carboxylic acids is 2. The quantitative estimate of drug-likeness (QED) is 0.463. The summed E-state index contributed by atoms with van der Waals surface area (Å²) in [5.74, 6) is -3.33. The average Bonchev–Trinajstić information content (AvgIpc) is 3.58. The Balaban J connectivity index is 1.12. The van der Waals surface area contributed by atoms with Crippen LogP contribution in [-0.4, -0.2) is 36.2 Å². The fourth-order valence-corrected chi connectivity index (χ4v) is 4.68. The van der Waals surface area contributed by atoms with E-state index in [2.05, 4.69) is 22.8 Å². The SMILES string of the molecule is O=C(NCC1CC1C(=O)Nc1cccc(C(=O)O)c1F)OCC1c2ccccc2-c2ccccc21. The highest BCUT2D eigenvalue weighted by Crippen LogP contribution is 2.44. The Hall–Kier alpha value is -4.20. The molecule has 0 aliphatic heterocycles. The molecule has 1 saturated carbocycles. The van der Waals surface area contributed by atoms with E-state index in [1.165, 1.54) is 12.1 Å². The summed E-state index contributed by atoms with van der Waals surface area (Å²) in [5, 5.41) is 14.2. The molecule has 2 aliphatic carbocycles. The van der Waals surface area contributed by atoms with E-state index in [-0.39, 0.29) is 30.7 Å². The van der Waals surface area contributed by atoms with Crippen molar-refractivity contribution >= 4 is 23.7 Å². The zero-order chi connectivity index (χ0) is 24.5. The maximum atomic E-state index is 14.2. The van der Waals surface area contributed by atoms with E-state index < -0.39 is 35.3 Å². The summed E-state index contributed by atoms with van der Waals surface area (Å²) in [6.45, 7) is 0.458. The van der Waals surface area contributed by atoms with Crippen molar-refractivity contribution in [3.63, 3.8) is 0 Å². The van der Waals surface area contributed by atoms with Crippen molar-refractivity contribution in [2.45, 2.75) is 12.3 Å². The molecule has 0 saturated heterocycles. The predicted octanol–water partition coefficient (Wildman–Crippen LogP) is 4.64. The van der Waals surface area contributed by atoms with Crippen molar-refractivity contribution in [3.8, 4) is 11.1 Å². The van der Waals surface area contributed by atoms with E-state index >= 15 is 0 Å². The largest absolute Gasteiger partial charge is 0.478 e. The average molecular weight is 474 g/mol.